The van der Waals surface area contributed by atoms with Gasteiger partial charge in [-0.1, -0.05) is 11.6 Å². The fourth-order valence-corrected chi connectivity index (χ4v) is 11.7. The average Bonchev–Trinajstić information content (AvgIpc) is 4.24. The summed E-state index contributed by atoms with van der Waals surface area (Å²) in [4.78, 5) is 81.7. The number of carbonyl (C=O) groups excluding carboxylic acids is 4. The second kappa shape index (κ2) is 24.4. The molecule has 0 radical (unpaired) electrons. The van der Waals surface area contributed by atoms with E-state index in [4.69, 9.17) is 31.2 Å². The number of carbonyl (C=O) groups is 4. The molecule has 4 aliphatic heterocycles. The van der Waals surface area contributed by atoms with Gasteiger partial charge in [-0.2, -0.15) is 15.2 Å². The number of piperidine rings is 2. The van der Waals surface area contributed by atoms with Crippen molar-refractivity contribution in [2.75, 3.05) is 88.7 Å². The lowest BCUT2D eigenvalue weighted by Gasteiger charge is -2.34. The maximum absolute atomic E-state index is 14.8. The number of alkyl halides is 2. The van der Waals surface area contributed by atoms with Crippen molar-refractivity contribution < 1.29 is 37.4 Å². The van der Waals surface area contributed by atoms with Crippen LogP contribution in [0.25, 0.3) is 22.0 Å². The minimum Gasteiger partial charge on any atom is -0.494 e. The molecule has 4 aromatic heterocycles. The summed E-state index contributed by atoms with van der Waals surface area (Å²) in [6.45, 7) is 3.81. The van der Waals surface area contributed by atoms with E-state index in [0.717, 1.165) is 29.7 Å². The Labute approximate surface area is 472 Å². The Morgan fingerprint density at radius 1 is 0.889 bits per heavy atom. The van der Waals surface area contributed by atoms with Crippen LogP contribution in [0.2, 0.25) is 5.02 Å². The molecule has 430 valence electrons. The first kappa shape index (κ1) is 56.3. The molecule has 5 amide bonds. The second-order valence-electron chi connectivity index (χ2n) is 21.0. The number of aromatic nitrogens is 7. The summed E-state index contributed by atoms with van der Waals surface area (Å²) >= 11 is 6.60. The molecule has 81 heavy (non-hydrogen) atoms. The molecule has 0 aliphatic carbocycles. The quantitative estimate of drug-likeness (QED) is 0.0711. The zero-order chi connectivity index (χ0) is 57.1. The van der Waals surface area contributed by atoms with Crippen LogP contribution in [0.15, 0.2) is 53.7 Å². The number of ether oxygens (including phenoxy) is 2. The molecule has 0 spiro atoms. The van der Waals surface area contributed by atoms with E-state index < -0.39 is 12.0 Å². The van der Waals surface area contributed by atoms with Crippen molar-refractivity contribution in [1.82, 2.24) is 59.8 Å². The minimum absolute atomic E-state index is 0.00218. The molecule has 0 saturated carbocycles. The van der Waals surface area contributed by atoms with Gasteiger partial charge in [-0.05, 0) is 86.8 Å². The Morgan fingerprint density at radius 3 is 2.40 bits per heavy atom. The standard InChI is InChI=1S/C56H68ClF2N15O7/c1-60-47(75)32-81-46-25-35-23-37(26-45(80-5)49(35)69(4)54(46)78)65-51-42(57)29-63-55(66-51)71-18-11-33(12-19-71)53(77)62-16-7-6-10-48(76)70-20-13-38(14-21-70)74-43-15-22-72(56(79)61-2)31-41(43)52(67-74)73-17-8-9-34-24-39(36-28-64-68(3)30-36)40(50(58)59)27-44(34)73/h23-30,33,38,50H,6-22,31-32H2,1-5H3,(H,60,75)(H,61,79)(H,62,77)(H,63,65,66). The number of hydrogen-bond donors (Lipinski definition) is 4. The van der Waals surface area contributed by atoms with Crippen LogP contribution in [-0.4, -0.2) is 141 Å². The van der Waals surface area contributed by atoms with E-state index in [1.54, 1.807) is 67.4 Å². The van der Waals surface area contributed by atoms with Crippen LogP contribution >= 0.6 is 11.6 Å². The number of likely N-dealkylation sites (tertiary alicyclic amines) is 1. The summed E-state index contributed by atoms with van der Waals surface area (Å²) in [5.74, 6) is 1.39. The number of benzene rings is 2. The predicted molar refractivity (Wildman–Crippen MR) is 302 cm³/mol. The molecule has 0 unspecified atom stereocenters. The largest absolute Gasteiger partial charge is 0.494 e. The number of amides is 5. The van der Waals surface area contributed by atoms with Crippen molar-refractivity contribution in [2.24, 2.45) is 20.0 Å². The summed E-state index contributed by atoms with van der Waals surface area (Å²) in [6, 6.07) is 8.38. The SMILES string of the molecule is CNC(=O)COc1cc2cc(Nc3nc(N4CCC(C(=O)NCCCCC(=O)N5CCC(n6nc(N7CCCc8cc(-c9cnn(C)c9)c(C(F)F)cc87)c7c6CCN(C(=O)NC)C7)CC5)CC4)ncc3Cl)cc(OC)c2n(C)c1=O. The number of halogens is 3. The van der Waals surface area contributed by atoms with Crippen molar-refractivity contribution in [3.8, 4) is 22.6 Å². The molecule has 25 heteroatoms. The first-order valence-electron chi connectivity index (χ1n) is 27.6. The summed E-state index contributed by atoms with van der Waals surface area (Å²) in [7, 11) is 7.95. The number of anilines is 5. The van der Waals surface area contributed by atoms with Crippen molar-refractivity contribution >= 4 is 75.2 Å². The van der Waals surface area contributed by atoms with Gasteiger partial charge in [0.2, 0.25) is 17.8 Å². The molecule has 8 heterocycles. The highest BCUT2D eigenvalue weighted by Gasteiger charge is 2.36. The van der Waals surface area contributed by atoms with Crippen molar-refractivity contribution in [3.05, 3.63) is 86.7 Å². The van der Waals surface area contributed by atoms with Crippen LogP contribution < -0.4 is 46.1 Å². The average molecular weight is 1140 g/mol. The zero-order valence-electron chi connectivity index (χ0n) is 46.2. The second-order valence-corrected chi connectivity index (χ2v) is 21.4. The third kappa shape index (κ3) is 11.9. The molecule has 0 bridgehead atoms. The third-order valence-electron chi connectivity index (χ3n) is 16.0. The van der Waals surface area contributed by atoms with Crippen LogP contribution in [0, 0.1) is 5.92 Å². The summed E-state index contributed by atoms with van der Waals surface area (Å²) in [5, 5.41) is 22.0. The highest BCUT2D eigenvalue weighted by Crippen LogP contribution is 2.44. The van der Waals surface area contributed by atoms with E-state index in [1.807, 2.05) is 15.9 Å². The van der Waals surface area contributed by atoms with Gasteiger partial charge < -0.3 is 54.9 Å². The smallest absolute Gasteiger partial charge is 0.317 e. The molecular weight excluding hydrogens is 1070 g/mol. The lowest BCUT2D eigenvalue weighted by molar-refractivity contribution is -0.132. The van der Waals surface area contributed by atoms with Gasteiger partial charge in [0, 0.05) is 144 Å². The van der Waals surface area contributed by atoms with Gasteiger partial charge in [-0.3, -0.25) is 28.5 Å². The zero-order valence-corrected chi connectivity index (χ0v) is 47.0. The van der Waals surface area contributed by atoms with Gasteiger partial charge in [0.05, 0.1) is 37.6 Å². The monoisotopic (exact) mass is 1140 g/mol. The number of fused-ring (bicyclic) bond motifs is 3. The molecule has 2 aromatic carbocycles. The number of urea groups is 1. The highest BCUT2D eigenvalue weighted by molar-refractivity contribution is 6.33. The molecule has 6 aromatic rings. The maximum atomic E-state index is 14.8. The number of aryl methyl sites for hydroxylation is 3. The van der Waals surface area contributed by atoms with Gasteiger partial charge in [0.1, 0.15) is 10.8 Å². The number of rotatable bonds is 17. The number of methoxy groups -OCH3 is 1. The molecule has 2 fully saturated rings. The van der Waals surface area contributed by atoms with E-state index in [0.29, 0.717) is 160 Å². The normalized spacial score (nSPS) is 15.9. The number of nitrogens with zero attached hydrogens (tertiary/aromatic N) is 11. The number of pyridine rings is 1. The third-order valence-corrected chi connectivity index (χ3v) is 16.2. The number of nitrogens with one attached hydrogen (secondary N) is 4. The van der Waals surface area contributed by atoms with Crippen molar-refractivity contribution in [2.45, 2.75) is 83.2 Å². The molecule has 4 N–H and O–H groups in total. The van der Waals surface area contributed by atoms with E-state index in [2.05, 4.69) is 40.9 Å². The topological polar surface area (TPSA) is 231 Å². The van der Waals surface area contributed by atoms with Gasteiger partial charge in [-0.25, -0.2) is 18.6 Å². The number of unbranched alkanes of at least 4 members (excludes halogenated alkanes) is 1. The molecule has 10 rings (SSSR count). The molecule has 0 atom stereocenters. The first-order valence-corrected chi connectivity index (χ1v) is 27.9. The number of hydrogen-bond acceptors (Lipinski definition) is 14. The Balaban J connectivity index is 0.704. The van der Waals surface area contributed by atoms with Crippen molar-refractivity contribution in [1.29, 1.82) is 0 Å². The summed E-state index contributed by atoms with van der Waals surface area (Å²) < 4.78 is 45.9. The number of likely N-dealkylation sites (N-methyl/N-ethyl adjacent to an activating group) is 1. The maximum Gasteiger partial charge on any atom is 0.317 e. The van der Waals surface area contributed by atoms with Gasteiger partial charge in [0.15, 0.2) is 24.0 Å². The van der Waals surface area contributed by atoms with E-state index in [9.17, 15) is 32.8 Å². The van der Waals surface area contributed by atoms with Crippen LogP contribution in [0.1, 0.15) is 86.2 Å². The van der Waals surface area contributed by atoms with E-state index in [1.165, 1.54) is 24.9 Å². The molecular formula is C56H68ClF2N15O7. The van der Waals surface area contributed by atoms with Gasteiger partial charge >= 0.3 is 6.03 Å². The van der Waals surface area contributed by atoms with E-state index >= 15 is 0 Å². The Hall–Kier alpha value is -8.02. The summed E-state index contributed by atoms with van der Waals surface area (Å²) in [5.41, 5.74) is 5.33. The lowest BCUT2D eigenvalue weighted by Crippen LogP contribution is -2.42. The van der Waals surface area contributed by atoms with Gasteiger partial charge in [0.25, 0.3) is 17.9 Å². The molecule has 2 saturated heterocycles. The van der Waals surface area contributed by atoms with Crippen LogP contribution in [0.5, 0.6) is 11.5 Å². The fourth-order valence-electron chi connectivity index (χ4n) is 11.6. The first-order chi connectivity index (χ1) is 39.1. The minimum atomic E-state index is -2.71. The Morgan fingerprint density at radius 2 is 1.68 bits per heavy atom. The van der Waals surface area contributed by atoms with E-state index in [-0.39, 0.29) is 58.7 Å². The van der Waals surface area contributed by atoms with Crippen molar-refractivity contribution in [3.63, 3.8) is 0 Å². The fraction of sp³-hybridized carbons (Fsp3) is 0.482. The Bertz CT molecular complexity index is 3410. The molecule has 4 aliphatic rings. The summed E-state index contributed by atoms with van der Waals surface area (Å²) in [6.07, 6.45) is 8.55. The molecule has 22 nitrogen and oxygen atoms in total. The van der Waals surface area contributed by atoms with Crippen LogP contribution in [-0.2, 0) is 47.9 Å². The predicted octanol–water partition coefficient (Wildman–Crippen LogP) is 6.54. The lowest BCUT2D eigenvalue weighted by atomic mass is 9.92. The van der Waals surface area contributed by atoms with Gasteiger partial charge in [-0.15, -0.1) is 0 Å². The Kier molecular flexibility index (Phi) is 16.9. The van der Waals surface area contributed by atoms with Crippen LogP contribution in [0.3, 0.4) is 0 Å². The van der Waals surface area contributed by atoms with Crippen LogP contribution in [0.4, 0.5) is 42.5 Å². The highest BCUT2D eigenvalue weighted by atomic mass is 35.5.